The molecule has 5 nitrogen and oxygen atoms in total. The normalized spacial score (nSPS) is 19.4. The number of thiophene rings is 1. The van der Waals surface area contributed by atoms with Gasteiger partial charge in [-0.2, -0.15) is 0 Å². The monoisotopic (exact) mass is 422 g/mol. The number of aromatic nitrogens is 2. The molecule has 0 radical (unpaired) electrons. The number of hydrogen-bond acceptors (Lipinski definition) is 7. The number of thioether (sulfide) groups is 1. The summed E-state index contributed by atoms with van der Waals surface area (Å²) in [6.45, 7) is 16.0. The van der Waals surface area contributed by atoms with Gasteiger partial charge in [-0.3, -0.25) is 0 Å². The van der Waals surface area contributed by atoms with Gasteiger partial charge in [-0.15, -0.1) is 11.3 Å². The fraction of sp³-hybridized carbons (Fsp3) is 0.714. The van der Waals surface area contributed by atoms with Gasteiger partial charge in [0.25, 0.3) is 0 Å². The summed E-state index contributed by atoms with van der Waals surface area (Å²) < 4.78 is 6.17. The molecular formula is C21H34N4OS2. The molecule has 3 rings (SSSR count). The van der Waals surface area contributed by atoms with Crippen molar-refractivity contribution in [2.45, 2.75) is 71.2 Å². The van der Waals surface area contributed by atoms with Crippen LogP contribution in [0.5, 0.6) is 0 Å². The van der Waals surface area contributed by atoms with Gasteiger partial charge in [0.15, 0.2) is 5.16 Å². The lowest BCUT2D eigenvalue weighted by molar-refractivity contribution is -0.0542. The highest BCUT2D eigenvalue weighted by Crippen LogP contribution is 2.42. The highest BCUT2D eigenvalue weighted by Gasteiger charge is 2.33. The van der Waals surface area contributed by atoms with E-state index in [0.29, 0.717) is 6.61 Å². The van der Waals surface area contributed by atoms with E-state index in [4.69, 9.17) is 14.7 Å². The molecule has 1 aliphatic rings. The van der Waals surface area contributed by atoms with Crippen LogP contribution in [0.4, 0.5) is 5.82 Å². The lowest BCUT2D eigenvalue weighted by atomic mass is 9.90. The zero-order valence-corrected chi connectivity index (χ0v) is 19.6. The minimum atomic E-state index is -0.0854. The first-order valence-electron chi connectivity index (χ1n) is 10.6. The molecule has 0 spiro atoms. The lowest BCUT2D eigenvalue weighted by Crippen LogP contribution is -2.34. The Kier molecular flexibility index (Phi) is 7.59. The van der Waals surface area contributed by atoms with Crippen molar-refractivity contribution in [1.29, 1.82) is 0 Å². The average molecular weight is 423 g/mol. The van der Waals surface area contributed by atoms with Crippen molar-refractivity contribution in [3.8, 4) is 0 Å². The Morgan fingerprint density at radius 3 is 2.68 bits per heavy atom. The molecule has 156 valence electrons. The van der Waals surface area contributed by atoms with Gasteiger partial charge in [0, 0.05) is 17.8 Å². The predicted octanol–water partition coefficient (Wildman–Crippen LogP) is 5.19. The van der Waals surface area contributed by atoms with Crippen molar-refractivity contribution in [3.05, 3.63) is 10.4 Å². The van der Waals surface area contributed by atoms with E-state index in [0.717, 1.165) is 67.0 Å². The van der Waals surface area contributed by atoms with Crippen molar-refractivity contribution in [1.82, 2.24) is 14.9 Å². The van der Waals surface area contributed by atoms with Crippen LogP contribution in [-0.4, -0.2) is 52.4 Å². The standard InChI is InChI=1S/C21H34N4OS2/c1-6-21(5)13-15-16(14-26-21)28-19-17(15)18(23-20(24-19)27-9-4)22-11-10-12-25(7-2)8-3/h6-14H2,1-5H3,(H,22,23,24)/t21-/m1/s1. The smallest absolute Gasteiger partial charge is 0.190 e. The Bertz CT molecular complexity index is 790. The maximum Gasteiger partial charge on any atom is 0.190 e. The minimum Gasteiger partial charge on any atom is -0.369 e. The summed E-state index contributed by atoms with van der Waals surface area (Å²) in [6, 6.07) is 0. The van der Waals surface area contributed by atoms with Gasteiger partial charge >= 0.3 is 0 Å². The molecule has 0 amide bonds. The molecule has 0 bridgehead atoms. The van der Waals surface area contributed by atoms with Gasteiger partial charge in [-0.25, -0.2) is 9.97 Å². The number of anilines is 1. The van der Waals surface area contributed by atoms with Gasteiger partial charge in [-0.1, -0.05) is 39.5 Å². The Morgan fingerprint density at radius 2 is 2.00 bits per heavy atom. The first-order chi connectivity index (χ1) is 13.5. The van der Waals surface area contributed by atoms with Crippen molar-refractivity contribution < 1.29 is 4.74 Å². The van der Waals surface area contributed by atoms with E-state index in [1.54, 1.807) is 23.1 Å². The van der Waals surface area contributed by atoms with E-state index in [1.165, 1.54) is 15.8 Å². The number of nitrogens with zero attached hydrogens (tertiary/aromatic N) is 3. The number of nitrogens with one attached hydrogen (secondary N) is 1. The first-order valence-corrected chi connectivity index (χ1v) is 12.4. The molecule has 0 saturated carbocycles. The van der Waals surface area contributed by atoms with Crippen molar-refractivity contribution in [2.75, 3.05) is 37.2 Å². The second-order valence-corrected chi connectivity index (χ2v) is 9.86. The molecule has 7 heteroatoms. The van der Waals surface area contributed by atoms with E-state index < -0.39 is 0 Å². The van der Waals surface area contributed by atoms with Crippen molar-refractivity contribution in [2.24, 2.45) is 0 Å². The number of ether oxygens (including phenoxy) is 1. The lowest BCUT2D eigenvalue weighted by Gasteiger charge is -2.33. The van der Waals surface area contributed by atoms with Crippen LogP contribution in [0.15, 0.2) is 5.16 Å². The van der Waals surface area contributed by atoms with Crippen LogP contribution in [0.1, 0.15) is 57.9 Å². The molecule has 0 unspecified atom stereocenters. The zero-order valence-electron chi connectivity index (χ0n) is 17.9. The molecule has 1 atom stereocenters. The molecule has 3 heterocycles. The highest BCUT2D eigenvalue weighted by molar-refractivity contribution is 7.99. The molecule has 0 fully saturated rings. The molecule has 1 aliphatic heterocycles. The largest absolute Gasteiger partial charge is 0.369 e. The van der Waals surface area contributed by atoms with Crippen LogP contribution < -0.4 is 5.32 Å². The van der Waals surface area contributed by atoms with E-state index in [1.807, 2.05) is 0 Å². The summed E-state index contributed by atoms with van der Waals surface area (Å²) >= 11 is 3.49. The summed E-state index contributed by atoms with van der Waals surface area (Å²) in [6.07, 6.45) is 3.07. The molecule has 0 aliphatic carbocycles. The SMILES string of the molecule is CCSc1nc(NCCCN(CC)CC)c2c3c(sc2n1)CO[C@](C)(CC)C3. The van der Waals surface area contributed by atoms with Gasteiger partial charge < -0.3 is 15.0 Å². The summed E-state index contributed by atoms with van der Waals surface area (Å²) in [7, 11) is 0. The predicted molar refractivity (Wildman–Crippen MR) is 122 cm³/mol. The van der Waals surface area contributed by atoms with Gasteiger partial charge in [0.05, 0.1) is 17.6 Å². The molecule has 0 aromatic carbocycles. The average Bonchev–Trinajstić information content (AvgIpc) is 3.05. The molecule has 28 heavy (non-hydrogen) atoms. The van der Waals surface area contributed by atoms with Crippen LogP contribution in [0.2, 0.25) is 0 Å². The highest BCUT2D eigenvalue weighted by atomic mass is 32.2. The number of fused-ring (bicyclic) bond motifs is 3. The molecule has 2 aromatic rings. The molecule has 0 saturated heterocycles. The van der Waals surface area contributed by atoms with E-state index in [2.05, 4.69) is 44.8 Å². The van der Waals surface area contributed by atoms with E-state index in [9.17, 15) is 0 Å². The maximum absolute atomic E-state index is 6.17. The Hall–Kier alpha value is -0.890. The molecule has 1 N–H and O–H groups in total. The van der Waals surface area contributed by atoms with Crippen molar-refractivity contribution in [3.63, 3.8) is 0 Å². The Balaban J connectivity index is 1.87. The fourth-order valence-corrected chi connectivity index (χ4v) is 5.38. The van der Waals surface area contributed by atoms with E-state index >= 15 is 0 Å². The third-order valence-corrected chi connectivity index (χ3v) is 7.50. The third-order valence-electron chi connectivity index (χ3n) is 5.68. The van der Waals surface area contributed by atoms with Crippen LogP contribution in [0.25, 0.3) is 10.2 Å². The second kappa shape index (κ2) is 9.74. The first kappa shape index (κ1) is 21.8. The van der Waals surface area contributed by atoms with Crippen LogP contribution >= 0.6 is 23.1 Å². The second-order valence-electron chi connectivity index (χ2n) is 7.55. The third kappa shape index (κ3) is 4.81. The Labute approximate surface area is 177 Å². The minimum absolute atomic E-state index is 0.0854. The number of hydrogen-bond donors (Lipinski definition) is 1. The van der Waals surface area contributed by atoms with Gasteiger partial charge in [0.1, 0.15) is 10.6 Å². The van der Waals surface area contributed by atoms with Crippen LogP contribution in [0, 0.1) is 0 Å². The summed E-state index contributed by atoms with van der Waals surface area (Å²) in [5.41, 5.74) is 1.31. The van der Waals surface area contributed by atoms with Crippen LogP contribution in [0.3, 0.4) is 0 Å². The maximum atomic E-state index is 6.17. The summed E-state index contributed by atoms with van der Waals surface area (Å²) in [4.78, 5) is 14.6. The summed E-state index contributed by atoms with van der Waals surface area (Å²) in [5.74, 6) is 1.99. The van der Waals surface area contributed by atoms with Gasteiger partial charge in [-0.05, 0) is 50.7 Å². The molecule has 2 aromatic heterocycles. The van der Waals surface area contributed by atoms with Crippen LogP contribution in [-0.2, 0) is 17.8 Å². The fourth-order valence-electron chi connectivity index (χ4n) is 3.65. The quantitative estimate of drug-likeness (QED) is 0.323. The van der Waals surface area contributed by atoms with Crippen molar-refractivity contribution >= 4 is 39.1 Å². The topological polar surface area (TPSA) is 50.3 Å². The summed E-state index contributed by atoms with van der Waals surface area (Å²) in [5, 5.41) is 5.75. The Morgan fingerprint density at radius 1 is 1.21 bits per heavy atom. The number of rotatable bonds is 10. The van der Waals surface area contributed by atoms with Gasteiger partial charge in [0.2, 0.25) is 0 Å². The van der Waals surface area contributed by atoms with E-state index in [-0.39, 0.29) is 5.60 Å². The molecular weight excluding hydrogens is 388 g/mol. The zero-order chi connectivity index (χ0) is 20.1.